The Morgan fingerprint density at radius 1 is 0.967 bits per heavy atom. The van der Waals surface area contributed by atoms with Gasteiger partial charge in [0.05, 0.1) is 0 Å². The standard InChI is InChI=1S/C23H28N2O5/c1-3-21(26)17-9-11-20(12-10-17)30-16-22(27)25-19-8-5-7-18(15-19)23(28)24-13-6-14-29-4-2/h5,7-12,15H,3-4,6,13-14,16H2,1-2H3,(H,24,28)(H,25,27). The van der Waals surface area contributed by atoms with Crippen molar-refractivity contribution in [1.29, 1.82) is 0 Å². The Morgan fingerprint density at radius 3 is 2.43 bits per heavy atom. The highest BCUT2D eigenvalue weighted by molar-refractivity contribution is 5.97. The molecule has 0 fully saturated rings. The van der Waals surface area contributed by atoms with Gasteiger partial charge in [0.15, 0.2) is 12.4 Å². The van der Waals surface area contributed by atoms with Crippen molar-refractivity contribution in [2.24, 2.45) is 0 Å². The van der Waals surface area contributed by atoms with Gasteiger partial charge in [-0.2, -0.15) is 0 Å². The van der Waals surface area contributed by atoms with Crippen LogP contribution >= 0.6 is 0 Å². The second-order valence-corrected chi connectivity index (χ2v) is 6.53. The number of ketones is 1. The van der Waals surface area contributed by atoms with E-state index in [-0.39, 0.29) is 24.2 Å². The number of Topliss-reactive ketones (excluding diaryl/α,β-unsaturated/α-hetero) is 1. The average Bonchev–Trinajstić information content (AvgIpc) is 2.77. The van der Waals surface area contributed by atoms with Crippen LogP contribution in [-0.4, -0.2) is 44.0 Å². The van der Waals surface area contributed by atoms with Crippen molar-refractivity contribution in [3.63, 3.8) is 0 Å². The predicted octanol–water partition coefficient (Wildman–Crippen LogP) is 3.45. The largest absolute Gasteiger partial charge is 0.484 e. The Morgan fingerprint density at radius 2 is 1.73 bits per heavy atom. The van der Waals surface area contributed by atoms with E-state index >= 15 is 0 Å². The van der Waals surface area contributed by atoms with E-state index in [1.165, 1.54) is 0 Å². The van der Waals surface area contributed by atoms with E-state index in [1.807, 2.05) is 6.92 Å². The van der Waals surface area contributed by atoms with E-state index < -0.39 is 0 Å². The first-order chi connectivity index (χ1) is 14.5. The average molecular weight is 412 g/mol. The molecule has 0 heterocycles. The van der Waals surface area contributed by atoms with Gasteiger partial charge in [-0.1, -0.05) is 13.0 Å². The van der Waals surface area contributed by atoms with Gasteiger partial charge in [-0.3, -0.25) is 14.4 Å². The molecule has 0 aliphatic carbocycles. The molecule has 2 N–H and O–H groups in total. The number of carbonyl (C=O) groups is 3. The van der Waals surface area contributed by atoms with Gasteiger partial charge in [-0.25, -0.2) is 0 Å². The summed E-state index contributed by atoms with van der Waals surface area (Å²) in [5.74, 6) is -0.00552. The predicted molar refractivity (Wildman–Crippen MR) is 115 cm³/mol. The summed E-state index contributed by atoms with van der Waals surface area (Å²) in [6, 6.07) is 13.4. The van der Waals surface area contributed by atoms with Crippen LogP contribution in [0.4, 0.5) is 5.69 Å². The fourth-order valence-corrected chi connectivity index (χ4v) is 2.65. The molecular weight excluding hydrogens is 384 g/mol. The molecule has 0 bridgehead atoms. The molecule has 160 valence electrons. The SMILES string of the molecule is CCOCCCNC(=O)c1cccc(NC(=O)COc2ccc(C(=O)CC)cc2)c1. The normalized spacial score (nSPS) is 10.3. The van der Waals surface area contributed by atoms with Crippen LogP contribution in [0, 0.1) is 0 Å². The molecule has 2 amide bonds. The number of benzene rings is 2. The molecular formula is C23H28N2O5. The van der Waals surface area contributed by atoms with Crippen molar-refractivity contribution < 1.29 is 23.9 Å². The lowest BCUT2D eigenvalue weighted by atomic mass is 10.1. The number of ether oxygens (including phenoxy) is 2. The maximum atomic E-state index is 12.2. The van der Waals surface area contributed by atoms with Crippen LogP contribution in [0.25, 0.3) is 0 Å². The highest BCUT2D eigenvalue weighted by Crippen LogP contribution is 2.14. The first kappa shape index (κ1) is 23.1. The van der Waals surface area contributed by atoms with Gasteiger partial charge in [0, 0.05) is 43.0 Å². The Bertz CT molecular complexity index is 849. The van der Waals surface area contributed by atoms with Gasteiger partial charge in [0.1, 0.15) is 5.75 Å². The Kier molecular flexibility index (Phi) is 9.54. The first-order valence-electron chi connectivity index (χ1n) is 10.1. The quantitative estimate of drug-likeness (QED) is 0.411. The number of amides is 2. The molecule has 0 atom stereocenters. The Labute approximate surface area is 176 Å². The molecule has 0 spiro atoms. The first-order valence-corrected chi connectivity index (χ1v) is 10.1. The third kappa shape index (κ3) is 7.67. The van der Waals surface area contributed by atoms with Gasteiger partial charge >= 0.3 is 0 Å². The highest BCUT2D eigenvalue weighted by atomic mass is 16.5. The van der Waals surface area contributed by atoms with E-state index in [0.717, 1.165) is 6.42 Å². The van der Waals surface area contributed by atoms with Gasteiger partial charge in [-0.05, 0) is 55.8 Å². The molecule has 7 nitrogen and oxygen atoms in total. The van der Waals surface area contributed by atoms with Gasteiger partial charge in [0.2, 0.25) is 0 Å². The lowest BCUT2D eigenvalue weighted by Gasteiger charge is -2.10. The van der Waals surface area contributed by atoms with Crippen LogP contribution in [0.15, 0.2) is 48.5 Å². The summed E-state index contributed by atoms with van der Waals surface area (Å²) in [5.41, 5.74) is 1.58. The number of hydrogen-bond acceptors (Lipinski definition) is 5. The van der Waals surface area contributed by atoms with E-state index in [1.54, 1.807) is 55.5 Å². The summed E-state index contributed by atoms with van der Waals surface area (Å²) >= 11 is 0. The molecule has 0 aromatic heterocycles. The van der Waals surface area contributed by atoms with Gasteiger partial charge in [-0.15, -0.1) is 0 Å². The lowest BCUT2D eigenvalue weighted by molar-refractivity contribution is -0.118. The Hall–Kier alpha value is -3.19. The summed E-state index contributed by atoms with van der Waals surface area (Å²) in [6.07, 6.45) is 1.17. The van der Waals surface area contributed by atoms with Crippen molar-refractivity contribution in [2.45, 2.75) is 26.7 Å². The summed E-state index contributed by atoms with van der Waals surface area (Å²) in [7, 11) is 0. The minimum atomic E-state index is -0.349. The molecule has 0 aliphatic heterocycles. The highest BCUT2D eigenvalue weighted by Gasteiger charge is 2.09. The van der Waals surface area contributed by atoms with E-state index in [9.17, 15) is 14.4 Å². The monoisotopic (exact) mass is 412 g/mol. The van der Waals surface area contributed by atoms with Crippen LogP contribution < -0.4 is 15.4 Å². The van der Waals surface area contributed by atoms with Crippen molar-refractivity contribution >= 4 is 23.3 Å². The smallest absolute Gasteiger partial charge is 0.262 e. The molecule has 2 rings (SSSR count). The van der Waals surface area contributed by atoms with Crippen LogP contribution in [0.2, 0.25) is 0 Å². The summed E-state index contributed by atoms with van der Waals surface area (Å²) in [5, 5.41) is 5.53. The molecule has 2 aromatic carbocycles. The van der Waals surface area contributed by atoms with Gasteiger partial charge in [0.25, 0.3) is 11.8 Å². The van der Waals surface area contributed by atoms with E-state index in [0.29, 0.717) is 48.7 Å². The zero-order valence-corrected chi connectivity index (χ0v) is 17.4. The van der Waals surface area contributed by atoms with Crippen molar-refractivity contribution in [1.82, 2.24) is 5.32 Å². The van der Waals surface area contributed by atoms with Gasteiger partial charge < -0.3 is 20.1 Å². The number of carbonyl (C=O) groups excluding carboxylic acids is 3. The minimum absolute atomic E-state index is 0.0532. The molecule has 2 aromatic rings. The van der Waals surface area contributed by atoms with Crippen molar-refractivity contribution in [2.75, 3.05) is 31.7 Å². The topological polar surface area (TPSA) is 93.7 Å². The molecule has 0 unspecified atom stereocenters. The van der Waals surface area contributed by atoms with Crippen LogP contribution in [-0.2, 0) is 9.53 Å². The zero-order valence-electron chi connectivity index (χ0n) is 17.4. The maximum absolute atomic E-state index is 12.2. The van der Waals surface area contributed by atoms with Crippen LogP contribution in [0.3, 0.4) is 0 Å². The Balaban J connectivity index is 1.81. The summed E-state index contributed by atoms with van der Waals surface area (Å²) < 4.78 is 10.7. The molecule has 0 aliphatic rings. The lowest BCUT2D eigenvalue weighted by Crippen LogP contribution is -2.25. The molecule has 7 heteroatoms. The van der Waals surface area contributed by atoms with Crippen LogP contribution in [0.1, 0.15) is 47.4 Å². The summed E-state index contributed by atoms with van der Waals surface area (Å²) in [6.45, 7) is 5.32. The maximum Gasteiger partial charge on any atom is 0.262 e. The molecule has 30 heavy (non-hydrogen) atoms. The van der Waals surface area contributed by atoms with Crippen molar-refractivity contribution in [3.8, 4) is 5.75 Å². The zero-order chi connectivity index (χ0) is 21.8. The number of rotatable bonds is 12. The number of nitrogens with one attached hydrogen (secondary N) is 2. The van der Waals surface area contributed by atoms with Crippen LogP contribution in [0.5, 0.6) is 5.75 Å². The molecule has 0 radical (unpaired) electrons. The second-order valence-electron chi connectivity index (χ2n) is 6.53. The second kappa shape index (κ2) is 12.4. The minimum Gasteiger partial charge on any atom is -0.484 e. The third-order valence-electron chi connectivity index (χ3n) is 4.23. The fourth-order valence-electron chi connectivity index (χ4n) is 2.65. The summed E-state index contributed by atoms with van der Waals surface area (Å²) in [4.78, 5) is 36.0. The fraction of sp³-hybridized carbons (Fsp3) is 0.348. The number of anilines is 1. The van der Waals surface area contributed by atoms with E-state index in [2.05, 4.69) is 10.6 Å². The van der Waals surface area contributed by atoms with E-state index in [4.69, 9.17) is 9.47 Å². The molecule has 0 saturated carbocycles. The third-order valence-corrected chi connectivity index (χ3v) is 4.23. The van der Waals surface area contributed by atoms with Crippen molar-refractivity contribution in [3.05, 3.63) is 59.7 Å². The number of hydrogen-bond donors (Lipinski definition) is 2. The molecule has 0 saturated heterocycles.